The second-order valence-electron chi connectivity index (χ2n) is 9.95. The molecule has 1 aliphatic heterocycles. The monoisotopic (exact) mass is 527 g/mol. The van der Waals surface area contributed by atoms with Crippen molar-refractivity contribution < 1.29 is 28.0 Å². The number of piperidine rings is 1. The molecule has 0 radical (unpaired) electrons. The molecule has 4 rings (SSSR count). The molecule has 0 bridgehead atoms. The maximum absolute atomic E-state index is 14.0. The molecule has 0 saturated carbocycles. The molecule has 0 aliphatic carbocycles. The third-order valence-corrected chi connectivity index (χ3v) is 6.04. The Labute approximate surface area is 217 Å². The van der Waals surface area contributed by atoms with Crippen LogP contribution in [-0.4, -0.2) is 50.3 Å². The highest BCUT2D eigenvalue weighted by Crippen LogP contribution is 2.33. The number of rotatable bonds is 5. The molecule has 38 heavy (non-hydrogen) atoms. The highest BCUT2D eigenvalue weighted by molar-refractivity contribution is 6.05. The Bertz CT molecular complexity index is 1380. The van der Waals surface area contributed by atoms with Gasteiger partial charge >= 0.3 is 11.8 Å². The van der Waals surface area contributed by atoms with E-state index in [0.29, 0.717) is 37.3 Å². The summed E-state index contributed by atoms with van der Waals surface area (Å²) in [5.74, 6) is -2.33. The first-order valence-electron chi connectivity index (χ1n) is 12.0. The summed E-state index contributed by atoms with van der Waals surface area (Å²) in [6, 6.07) is 8.81. The van der Waals surface area contributed by atoms with Crippen molar-refractivity contribution in [2.24, 2.45) is 0 Å². The van der Waals surface area contributed by atoms with Crippen molar-refractivity contribution in [3.63, 3.8) is 0 Å². The maximum atomic E-state index is 14.0. The summed E-state index contributed by atoms with van der Waals surface area (Å²) < 4.78 is 34.7. The summed E-state index contributed by atoms with van der Waals surface area (Å²) in [4.78, 5) is 37.6. The highest BCUT2D eigenvalue weighted by atomic mass is 19.1. The minimum Gasteiger partial charge on any atom is -0.444 e. The van der Waals surface area contributed by atoms with Crippen molar-refractivity contribution in [2.75, 3.05) is 18.4 Å². The minimum atomic E-state index is -1.02. The molecule has 2 aromatic carbocycles. The van der Waals surface area contributed by atoms with Crippen molar-refractivity contribution >= 4 is 23.4 Å². The molecule has 1 aromatic heterocycles. The average molecular weight is 528 g/mol. The van der Waals surface area contributed by atoms with Crippen LogP contribution < -0.4 is 5.32 Å². The fourth-order valence-corrected chi connectivity index (χ4v) is 4.33. The van der Waals surface area contributed by atoms with Gasteiger partial charge in [-0.15, -0.1) is 0 Å². The quantitative estimate of drug-likeness (QED) is 0.349. The van der Waals surface area contributed by atoms with E-state index in [1.807, 2.05) is 0 Å². The Morgan fingerprint density at radius 3 is 2.47 bits per heavy atom. The van der Waals surface area contributed by atoms with E-state index >= 15 is 0 Å². The third kappa shape index (κ3) is 5.96. The van der Waals surface area contributed by atoms with Crippen LogP contribution in [-0.2, 0) is 4.74 Å². The van der Waals surface area contributed by atoms with Gasteiger partial charge in [-0.05, 0) is 63.9 Å². The van der Waals surface area contributed by atoms with Gasteiger partial charge in [0.2, 0.25) is 5.82 Å². The molecule has 10 nitrogen and oxygen atoms in total. The SMILES string of the molecule is CC(C)(C)OC(=O)N1CCC(c2c(C(=O)Nc3ccc(F)c([N+](=O)[O-])c3)cnn2-c2cccc(F)c2)CC1. The number of carbonyl (C=O) groups is 2. The summed E-state index contributed by atoms with van der Waals surface area (Å²) in [5, 5.41) is 18.0. The second-order valence-corrected chi connectivity index (χ2v) is 9.95. The van der Waals surface area contributed by atoms with Crippen molar-refractivity contribution in [3.05, 3.63) is 81.7 Å². The van der Waals surface area contributed by atoms with Crippen molar-refractivity contribution in [1.29, 1.82) is 0 Å². The van der Waals surface area contributed by atoms with Crippen LogP contribution in [0.3, 0.4) is 0 Å². The van der Waals surface area contributed by atoms with E-state index in [0.717, 1.165) is 12.1 Å². The topological polar surface area (TPSA) is 120 Å². The highest BCUT2D eigenvalue weighted by Gasteiger charge is 2.32. The van der Waals surface area contributed by atoms with Crippen LogP contribution in [0.15, 0.2) is 48.7 Å². The zero-order valence-corrected chi connectivity index (χ0v) is 21.1. The first-order chi connectivity index (χ1) is 17.9. The lowest BCUT2D eigenvalue weighted by Crippen LogP contribution is -2.41. The first kappa shape index (κ1) is 26.7. The van der Waals surface area contributed by atoms with Gasteiger partial charge in [0.1, 0.15) is 11.4 Å². The van der Waals surface area contributed by atoms with Gasteiger partial charge in [0.15, 0.2) is 0 Å². The van der Waals surface area contributed by atoms with Crippen LogP contribution in [0, 0.1) is 21.7 Å². The predicted octanol–water partition coefficient (Wildman–Crippen LogP) is 5.43. The van der Waals surface area contributed by atoms with E-state index in [1.54, 1.807) is 31.7 Å². The van der Waals surface area contributed by atoms with Gasteiger partial charge < -0.3 is 15.0 Å². The average Bonchev–Trinajstić information content (AvgIpc) is 3.29. The molecule has 2 amide bonds. The number of nitrogens with zero attached hydrogens (tertiary/aromatic N) is 4. The van der Waals surface area contributed by atoms with Gasteiger partial charge in [0.05, 0.1) is 28.1 Å². The van der Waals surface area contributed by atoms with E-state index in [2.05, 4.69) is 10.4 Å². The zero-order valence-electron chi connectivity index (χ0n) is 21.1. The van der Waals surface area contributed by atoms with Gasteiger partial charge in [0.25, 0.3) is 5.91 Å². The molecule has 12 heteroatoms. The number of anilines is 1. The van der Waals surface area contributed by atoms with E-state index in [1.165, 1.54) is 35.1 Å². The fraction of sp³-hybridized carbons (Fsp3) is 0.346. The number of hydrogen-bond acceptors (Lipinski definition) is 6. The number of hydrogen-bond donors (Lipinski definition) is 1. The molecular formula is C26H27F2N5O5. The Balaban J connectivity index is 1.64. The molecule has 1 N–H and O–H groups in total. The predicted molar refractivity (Wildman–Crippen MR) is 134 cm³/mol. The summed E-state index contributed by atoms with van der Waals surface area (Å²) in [6.07, 6.45) is 1.89. The van der Waals surface area contributed by atoms with E-state index < -0.39 is 39.8 Å². The molecule has 1 fully saturated rings. The third-order valence-electron chi connectivity index (χ3n) is 6.04. The number of ether oxygens (including phenoxy) is 1. The number of nitro benzene ring substituents is 1. The molecule has 1 aliphatic rings. The van der Waals surface area contributed by atoms with Crippen LogP contribution in [0.25, 0.3) is 5.69 Å². The van der Waals surface area contributed by atoms with Crippen LogP contribution >= 0.6 is 0 Å². The van der Waals surface area contributed by atoms with Gasteiger partial charge in [-0.1, -0.05) is 6.07 Å². The number of aromatic nitrogens is 2. The molecule has 3 aromatic rings. The normalized spacial score (nSPS) is 14.3. The largest absolute Gasteiger partial charge is 0.444 e. The van der Waals surface area contributed by atoms with Gasteiger partial charge in [0, 0.05) is 30.8 Å². The Morgan fingerprint density at radius 1 is 1.13 bits per heavy atom. The standard InChI is InChI=1S/C26H27F2N5O5/c1-26(2,3)38-25(35)31-11-9-16(10-12-31)23-20(15-29-32(23)19-6-4-5-17(27)13-19)24(34)30-18-7-8-21(28)22(14-18)33(36)37/h4-8,13-16H,9-12H2,1-3H3,(H,30,34). The summed E-state index contributed by atoms with van der Waals surface area (Å²) in [7, 11) is 0. The lowest BCUT2D eigenvalue weighted by atomic mass is 9.90. The Hall–Kier alpha value is -4.35. The lowest BCUT2D eigenvalue weighted by molar-refractivity contribution is -0.387. The fourth-order valence-electron chi connectivity index (χ4n) is 4.33. The Morgan fingerprint density at radius 2 is 1.84 bits per heavy atom. The second kappa shape index (κ2) is 10.6. The van der Waals surface area contributed by atoms with Gasteiger partial charge in [-0.25, -0.2) is 13.9 Å². The van der Waals surface area contributed by atoms with Gasteiger partial charge in [-0.3, -0.25) is 14.9 Å². The van der Waals surface area contributed by atoms with E-state index in [9.17, 15) is 28.5 Å². The van der Waals surface area contributed by atoms with Crippen LogP contribution in [0.5, 0.6) is 0 Å². The van der Waals surface area contributed by atoms with Crippen LogP contribution in [0.4, 0.5) is 25.0 Å². The van der Waals surface area contributed by atoms with E-state index in [4.69, 9.17) is 4.74 Å². The number of carbonyl (C=O) groups excluding carboxylic acids is 2. The lowest BCUT2D eigenvalue weighted by Gasteiger charge is -2.34. The number of amides is 2. The number of nitrogens with one attached hydrogen (secondary N) is 1. The smallest absolute Gasteiger partial charge is 0.410 e. The molecule has 1 saturated heterocycles. The molecule has 200 valence electrons. The van der Waals surface area contributed by atoms with Crippen molar-refractivity contribution in [1.82, 2.24) is 14.7 Å². The molecule has 0 spiro atoms. The maximum Gasteiger partial charge on any atom is 0.410 e. The van der Waals surface area contributed by atoms with Crippen LogP contribution in [0.1, 0.15) is 55.6 Å². The number of nitro groups is 1. The number of likely N-dealkylation sites (tertiary alicyclic amines) is 1. The minimum absolute atomic E-state index is 0.0345. The van der Waals surface area contributed by atoms with Crippen LogP contribution in [0.2, 0.25) is 0 Å². The Kier molecular flexibility index (Phi) is 7.42. The summed E-state index contributed by atoms with van der Waals surface area (Å²) in [6.45, 7) is 6.11. The molecular weight excluding hydrogens is 500 g/mol. The first-order valence-corrected chi connectivity index (χ1v) is 12.0. The number of halogens is 2. The van der Waals surface area contributed by atoms with E-state index in [-0.39, 0.29) is 17.2 Å². The van der Waals surface area contributed by atoms with Gasteiger partial charge in [-0.2, -0.15) is 9.49 Å². The van der Waals surface area contributed by atoms with Crippen molar-refractivity contribution in [3.8, 4) is 5.69 Å². The summed E-state index contributed by atoms with van der Waals surface area (Å²) in [5.41, 5.74) is -0.276. The molecule has 2 heterocycles. The molecule has 0 unspecified atom stereocenters. The number of benzene rings is 2. The van der Waals surface area contributed by atoms with Crippen molar-refractivity contribution in [2.45, 2.75) is 45.1 Å². The zero-order chi connectivity index (χ0) is 27.6. The molecule has 0 atom stereocenters. The summed E-state index contributed by atoms with van der Waals surface area (Å²) >= 11 is 0.